The fourth-order valence-corrected chi connectivity index (χ4v) is 3.28. The molecule has 116 valence electrons. The number of halogens is 1. The van der Waals surface area contributed by atoms with Gasteiger partial charge in [0.05, 0.1) is 11.1 Å². The summed E-state index contributed by atoms with van der Waals surface area (Å²) < 4.78 is 0.967. The summed E-state index contributed by atoms with van der Waals surface area (Å²) in [6.45, 7) is 2.62. The summed E-state index contributed by atoms with van der Waals surface area (Å²) >= 11 is 2.19. The molecule has 1 saturated heterocycles. The molecular weight excluding hydrogens is 403 g/mol. The van der Waals surface area contributed by atoms with Crippen molar-refractivity contribution in [1.29, 1.82) is 5.26 Å². The quantitative estimate of drug-likeness (QED) is 0.704. The zero-order valence-corrected chi connectivity index (χ0v) is 14.6. The van der Waals surface area contributed by atoms with Gasteiger partial charge in [0.2, 0.25) is 0 Å². The van der Waals surface area contributed by atoms with Crippen molar-refractivity contribution in [3.8, 4) is 6.07 Å². The molecule has 1 aliphatic rings. The highest BCUT2D eigenvalue weighted by Crippen LogP contribution is 2.20. The highest BCUT2D eigenvalue weighted by atomic mass is 127. The zero-order chi connectivity index (χ0) is 16.2. The molecule has 0 spiro atoms. The molecule has 0 bridgehead atoms. The Kier molecular flexibility index (Phi) is 4.76. The van der Waals surface area contributed by atoms with Gasteiger partial charge in [0.15, 0.2) is 0 Å². The first-order chi connectivity index (χ1) is 11.2. The van der Waals surface area contributed by atoms with Crippen LogP contribution in [0.3, 0.4) is 0 Å². The van der Waals surface area contributed by atoms with Crippen molar-refractivity contribution in [2.45, 2.75) is 0 Å². The number of piperazine rings is 1. The predicted octanol–water partition coefficient (Wildman–Crippen LogP) is 2.52. The number of carbonyl (C=O) groups excluding carboxylic acids is 1. The number of nitrogens with zero attached hydrogens (tertiary/aromatic N) is 4. The second kappa shape index (κ2) is 6.96. The smallest absolute Gasteiger partial charge is 0.255 e. The van der Waals surface area contributed by atoms with Crippen molar-refractivity contribution in [3.05, 3.63) is 57.3 Å². The summed E-state index contributed by atoms with van der Waals surface area (Å²) in [4.78, 5) is 20.9. The molecule has 1 amide bonds. The van der Waals surface area contributed by atoms with Gasteiger partial charge in [-0.2, -0.15) is 5.26 Å². The molecule has 0 saturated carbocycles. The van der Waals surface area contributed by atoms with Gasteiger partial charge in [0, 0.05) is 35.9 Å². The van der Waals surface area contributed by atoms with E-state index in [0.29, 0.717) is 37.6 Å². The number of hydrogen-bond acceptors (Lipinski definition) is 4. The maximum absolute atomic E-state index is 12.6. The fourth-order valence-electron chi connectivity index (χ4n) is 2.66. The molecule has 1 aliphatic heterocycles. The molecule has 0 aliphatic carbocycles. The Labute approximate surface area is 148 Å². The lowest BCUT2D eigenvalue weighted by atomic mass is 10.1. The number of hydrogen-bond donors (Lipinski definition) is 0. The molecule has 1 fully saturated rings. The highest BCUT2D eigenvalue weighted by Gasteiger charge is 2.24. The minimum absolute atomic E-state index is 0.0659. The average molecular weight is 418 g/mol. The summed E-state index contributed by atoms with van der Waals surface area (Å²) in [5.74, 6) is 0.771. The Balaban J connectivity index is 1.71. The van der Waals surface area contributed by atoms with E-state index in [1.807, 2.05) is 29.2 Å². The third-order valence-electron chi connectivity index (χ3n) is 3.88. The molecule has 2 heterocycles. The third-order valence-corrected chi connectivity index (χ3v) is 4.82. The van der Waals surface area contributed by atoms with Crippen LogP contribution in [0.4, 0.5) is 5.82 Å². The highest BCUT2D eigenvalue weighted by molar-refractivity contribution is 14.1. The van der Waals surface area contributed by atoms with Crippen LogP contribution in [0.5, 0.6) is 0 Å². The summed E-state index contributed by atoms with van der Waals surface area (Å²) in [6.07, 6.45) is 1.69. The Morgan fingerprint density at radius 1 is 1.13 bits per heavy atom. The molecule has 0 unspecified atom stereocenters. The number of amides is 1. The van der Waals surface area contributed by atoms with Crippen molar-refractivity contribution >= 4 is 34.3 Å². The molecule has 0 radical (unpaired) electrons. The summed E-state index contributed by atoms with van der Waals surface area (Å²) in [6, 6.07) is 13.3. The molecule has 6 heteroatoms. The third kappa shape index (κ3) is 3.29. The summed E-state index contributed by atoms with van der Waals surface area (Å²) in [5.41, 5.74) is 1.32. The number of pyridine rings is 1. The van der Waals surface area contributed by atoms with E-state index in [4.69, 9.17) is 0 Å². The fraction of sp³-hybridized carbons (Fsp3) is 0.235. The number of carbonyl (C=O) groups is 1. The van der Waals surface area contributed by atoms with E-state index in [2.05, 4.69) is 38.5 Å². The normalized spacial score (nSPS) is 14.4. The largest absolute Gasteiger partial charge is 0.352 e. The maximum Gasteiger partial charge on any atom is 0.255 e. The lowest BCUT2D eigenvalue weighted by Gasteiger charge is -2.35. The van der Waals surface area contributed by atoms with Crippen LogP contribution in [0.15, 0.2) is 42.6 Å². The zero-order valence-electron chi connectivity index (χ0n) is 12.4. The predicted molar refractivity (Wildman–Crippen MR) is 96.2 cm³/mol. The van der Waals surface area contributed by atoms with Crippen molar-refractivity contribution in [3.63, 3.8) is 0 Å². The van der Waals surface area contributed by atoms with E-state index in [-0.39, 0.29) is 5.91 Å². The molecule has 0 N–H and O–H groups in total. The van der Waals surface area contributed by atoms with E-state index >= 15 is 0 Å². The summed E-state index contributed by atoms with van der Waals surface area (Å²) in [5, 5.41) is 9.19. The average Bonchev–Trinajstić information content (AvgIpc) is 2.61. The van der Waals surface area contributed by atoms with Crippen molar-refractivity contribution in [1.82, 2.24) is 9.88 Å². The second-order valence-electron chi connectivity index (χ2n) is 5.25. The van der Waals surface area contributed by atoms with Crippen LogP contribution in [0.1, 0.15) is 15.9 Å². The van der Waals surface area contributed by atoms with Gasteiger partial charge in [-0.3, -0.25) is 4.79 Å². The summed E-state index contributed by atoms with van der Waals surface area (Å²) in [7, 11) is 0. The van der Waals surface area contributed by atoms with E-state index in [1.165, 1.54) is 0 Å². The van der Waals surface area contributed by atoms with Crippen LogP contribution in [-0.4, -0.2) is 42.0 Å². The Hall–Kier alpha value is -2.14. The van der Waals surface area contributed by atoms with Crippen molar-refractivity contribution in [2.75, 3.05) is 31.1 Å². The van der Waals surface area contributed by atoms with Crippen molar-refractivity contribution in [2.24, 2.45) is 0 Å². The van der Waals surface area contributed by atoms with Gasteiger partial charge in [-0.25, -0.2) is 4.98 Å². The lowest BCUT2D eigenvalue weighted by molar-refractivity contribution is 0.0745. The van der Waals surface area contributed by atoms with Crippen LogP contribution in [0, 0.1) is 14.9 Å². The van der Waals surface area contributed by atoms with E-state index in [9.17, 15) is 10.1 Å². The Morgan fingerprint density at radius 2 is 1.87 bits per heavy atom. The topological polar surface area (TPSA) is 60.2 Å². The molecule has 0 atom stereocenters. The maximum atomic E-state index is 12.6. The SMILES string of the molecule is N#Cc1cccnc1N1CCN(C(=O)c2ccccc2I)CC1. The molecule has 3 rings (SSSR count). The van der Waals surface area contributed by atoms with Gasteiger partial charge in [-0.15, -0.1) is 0 Å². The molecule has 1 aromatic carbocycles. The van der Waals surface area contributed by atoms with Crippen LogP contribution in [0.2, 0.25) is 0 Å². The van der Waals surface area contributed by atoms with Gasteiger partial charge in [0.1, 0.15) is 11.9 Å². The second-order valence-corrected chi connectivity index (χ2v) is 6.41. The van der Waals surface area contributed by atoms with Gasteiger partial charge < -0.3 is 9.80 Å². The first kappa shape index (κ1) is 15.7. The first-order valence-corrected chi connectivity index (χ1v) is 8.42. The van der Waals surface area contributed by atoms with E-state index in [0.717, 1.165) is 9.13 Å². The first-order valence-electron chi connectivity index (χ1n) is 7.34. The van der Waals surface area contributed by atoms with E-state index in [1.54, 1.807) is 18.3 Å². The van der Waals surface area contributed by atoms with Crippen LogP contribution < -0.4 is 4.90 Å². The number of anilines is 1. The monoisotopic (exact) mass is 418 g/mol. The minimum atomic E-state index is 0.0659. The number of nitriles is 1. The van der Waals surface area contributed by atoms with Crippen LogP contribution >= 0.6 is 22.6 Å². The number of benzene rings is 1. The number of aromatic nitrogens is 1. The molecule has 2 aromatic rings. The lowest BCUT2D eigenvalue weighted by Crippen LogP contribution is -2.49. The van der Waals surface area contributed by atoms with E-state index < -0.39 is 0 Å². The molecule has 5 nitrogen and oxygen atoms in total. The Morgan fingerprint density at radius 3 is 2.57 bits per heavy atom. The van der Waals surface area contributed by atoms with Gasteiger partial charge >= 0.3 is 0 Å². The van der Waals surface area contributed by atoms with Crippen molar-refractivity contribution < 1.29 is 4.79 Å². The minimum Gasteiger partial charge on any atom is -0.352 e. The van der Waals surface area contributed by atoms with Crippen LogP contribution in [0.25, 0.3) is 0 Å². The molecule has 23 heavy (non-hydrogen) atoms. The van der Waals surface area contributed by atoms with Crippen LogP contribution in [-0.2, 0) is 0 Å². The molecule has 1 aromatic heterocycles. The standard InChI is InChI=1S/C17H15IN4O/c18-15-6-2-1-5-14(15)17(23)22-10-8-21(9-11-22)16-13(12-19)4-3-7-20-16/h1-7H,8-11H2. The Bertz CT molecular complexity index is 763. The number of rotatable bonds is 2. The molecular formula is C17H15IN4O. The van der Waals surface area contributed by atoms with Gasteiger partial charge in [0.25, 0.3) is 5.91 Å². The van der Waals surface area contributed by atoms with Gasteiger partial charge in [-0.1, -0.05) is 12.1 Å². The van der Waals surface area contributed by atoms with Gasteiger partial charge in [-0.05, 0) is 46.9 Å².